The molecule has 0 aromatic heterocycles. The Morgan fingerprint density at radius 3 is 1.56 bits per heavy atom. The van der Waals surface area contributed by atoms with Gasteiger partial charge in [0, 0.05) is 24.2 Å². The molecule has 0 saturated carbocycles. The average Bonchev–Trinajstić information content (AvgIpc) is 2.64. The van der Waals surface area contributed by atoms with Crippen LogP contribution in [0.25, 0.3) is 0 Å². The van der Waals surface area contributed by atoms with Gasteiger partial charge in [-0.3, -0.25) is 9.59 Å². The number of rotatable bonds is 8. The Morgan fingerprint density at radius 1 is 0.880 bits per heavy atom. The molecular formula is C16H26N2O7. The predicted octanol–water partition coefficient (Wildman–Crippen LogP) is -1.42. The number of benzene rings is 1. The van der Waals surface area contributed by atoms with Crippen LogP contribution in [0.1, 0.15) is 34.6 Å². The molecule has 1 rings (SSSR count). The van der Waals surface area contributed by atoms with E-state index in [0.717, 1.165) is 12.1 Å². The lowest BCUT2D eigenvalue weighted by Gasteiger charge is -2.11. The SMILES string of the molecule is CC.O=C(NCC(O)CO)c1cc(O)cc(C(=O)NCC(O)CO)c1. The third-order valence-electron chi connectivity index (χ3n) is 2.86. The van der Waals surface area contributed by atoms with Crippen LogP contribution >= 0.6 is 0 Å². The van der Waals surface area contributed by atoms with E-state index >= 15 is 0 Å². The molecule has 1 aromatic rings. The maximum absolute atomic E-state index is 11.9. The van der Waals surface area contributed by atoms with Gasteiger partial charge >= 0.3 is 0 Å². The summed E-state index contributed by atoms with van der Waals surface area (Å²) in [6.07, 6.45) is -2.22. The smallest absolute Gasteiger partial charge is 0.251 e. The highest BCUT2D eigenvalue weighted by atomic mass is 16.3. The molecule has 0 saturated heterocycles. The van der Waals surface area contributed by atoms with E-state index in [0.29, 0.717) is 0 Å². The fraction of sp³-hybridized carbons (Fsp3) is 0.500. The van der Waals surface area contributed by atoms with E-state index in [4.69, 9.17) is 10.2 Å². The summed E-state index contributed by atoms with van der Waals surface area (Å²) in [5.74, 6) is -1.59. The number of amides is 2. The summed E-state index contributed by atoms with van der Waals surface area (Å²) in [7, 11) is 0. The lowest BCUT2D eigenvalue weighted by Crippen LogP contribution is -2.35. The van der Waals surface area contributed by atoms with Gasteiger partial charge in [-0.25, -0.2) is 0 Å². The first-order chi connectivity index (χ1) is 11.9. The first-order valence-electron chi connectivity index (χ1n) is 7.85. The minimum atomic E-state index is -1.11. The van der Waals surface area contributed by atoms with Crippen molar-refractivity contribution in [3.05, 3.63) is 29.3 Å². The summed E-state index contributed by atoms with van der Waals surface area (Å²) in [5.41, 5.74) is -0.0222. The minimum absolute atomic E-state index is 0.0111. The van der Waals surface area contributed by atoms with Gasteiger partial charge in [-0.1, -0.05) is 13.8 Å². The van der Waals surface area contributed by atoms with Crippen LogP contribution in [0.3, 0.4) is 0 Å². The number of carbonyl (C=O) groups is 2. The summed E-state index contributed by atoms with van der Waals surface area (Å²) in [6.45, 7) is 2.60. The number of hydrogen-bond donors (Lipinski definition) is 7. The van der Waals surface area contributed by atoms with Gasteiger partial charge in [0.2, 0.25) is 0 Å². The Labute approximate surface area is 145 Å². The van der Waals surface area contributed by atoms with E-state index in [1.807, 2.05) is 13.8 Å². The van der Waals surface area contributed by atoms with Crippen LogP contribution in [0, 0.1) is 0 Å². The van der Waals surface area contributed by atoms with Crippen molar-refractivity contribution in [3.63, 3.8) is 0 Å². The lowest BCUT2D eigenvalue weighted by atomic mass is 10.1. The minimum Gasteiger partial charge on any atom is -0.508 e. The van der Waals surface area contributed by atoms with Gasteiger partial charge in [-0.2, -0.15) is 0 Å². The Balaban J connectivity index is 0.00000277. The number of phenolic OH excluding ortho intramolecular Hbond substituents is 1. The Morgan fingerprint density at radius 2 is 1.24 bits per heavy atom. The van der Waals surface area contributed by atoms with Crippen molar-refractivity contribution in [2.45, 2.75) is 26.1 Å². The van der Waals surface area contributed by atoms with Crippen LogP contribution in [-0.4, -0.2) is 75.9 Å². The lowest BCUT2D eigenvalue weighted by molar-refractivity contribution is 0.0799. The zero-order valence-electron chi connectivity index (χ0n) is 14.3. The zero-order valence-corrected chi connectivity index (χ0v) is 14.3. The molecule has 0 radical (unpaired) electrons. The fourth-order valence-electron chi connectivity index (χ4n) is 1.63. The van der Waals surface area contributed by atoms with Crippen molar-refractivity contribution in [3.8, 4) is 5.75 Å². The molecule has 0 fully saturated rings. The van der Waals surface area contributed by atoms with Crippen LogP contribution in [0.15, 0.2) is 18.2 Å². The second kappa shape index (κ2) is 12.2. The van der Waals surface area contributed by atoms with Crippen molar-refractivity contribution in [1.82, 2.24) is 10.6 Å². The first-order valence-corrected chi connectivity index (χ1v) is 7.85. The van der Waals surface area contributed by atoms with Gasteiger partial charge < -0.3 is 36.2 Å². The molecule has 9 heteroatoms. The molecule has 142 valence electrons. The molecule has 25 heavy (non-hydrogen) atoms. The molecule has 0 aliphatic rings. The summed E-state index contributed by atoms with van der Waals surface area (Å²) < 4.78 is 0. The van der Waals surface area contributed by atoms with Crippen molar-refractivity contribution in [1.29, 1.82) is 0 Å². The highest BCUT2D eigenvalue weighted by Crippen LogP contribution is 2.16. The summed E-state index contributed by atoms with van der Waals surface area (Å²) >= 11 is 0. The van der Waals surface area contributed by atoms with Gasteiger partial charge in [0.25, 0.3) is 11.8 Å². The largest absolute Gasteiger partial charge is 0.508 e. The molecule has 2 unspecified atom stereocenters. The van der Waals surface area contributed by atoms with Gasteiger partial charge in [-0.15, -0.1) is 0 Å². The second-order valence-electron chi connectivity index (χ2n) is 4.86. The maximum Gasteiger partial charge on any atom is 0.251 e. The standard InChI is InChI=1S/C14H20N2O7.C2H6/c17-6-11(20)4-15-13(22)8-1-9(3-10(19)2-8)14(23)16-5-12(21)7-18;1-2/h1-3,11-12,17-21H,4-7H2,(H,15,22)(H,16,23);1-2H3. The van der Waals surface area contributed by atoms with E-state index in [1.165, 1.54) is 6.07 Å². The third kappa shape index (κ3) is 8.45. The number of phenols is 1. The topological polar surface area (TPSA) is 159 Å². The van der Waals surface area contributed by atoms with Gasteiger partial charge in [0.05, 0.1) is 25.4 Å². The molecule has 0 aliphatic heterocycles. The van der Waals surface area contributed by atoms with Crippen molar-refractivity contribution < 1.29 is 35.1 Å². The monoisotopic (exact) mass is 358 g/mol. The number of carbonyl (C=O) groups excluding carboxylic acids is 2. The van der Waals surface area contributed by atoms with Crippen LogP contribution in [0.5, 0.6) is 5.75 Å². The van der Waals surface area contributed by atoms with Crippen LogP contribution in [0.4, 0.5) is 0 Å². The fourth-order valence-corrected chi connectivity index (χ4v) is 1.63. The second-order valence-corrected chi connectivity index (χ2v) is 4.86. The molecule has 0 spiro atoms. The van der Waals surface area contributed by atoms with Crippen molar-refractivity contribution in [2.24, 2.45) is 0 Å². The normalized spacial score (nSPS) is 12.4. The summed E-state index contributed by atoms with van der Waals surface area (Å²) in [5, 5.41) is 50.0. The van der Waals surface area contributed by atoms with Crippen LogP contribution in [0.2, 0.25) is 0 Å². The first kappa shape index (κ1) is 22.8. The molecule has 0 heterocycles. The molecule has 9 nitrogen and oxygen atoms in total. The van der Waals surface area contributed by atoms with E-state index in [-0.39, 0.29) is 30.0 Å². The maximum atomic E-state index is 11.9. The predicted molar refractivity (Wildman–Crippen MR) is 90.3 cm³/mol. The van der Waals surface area contributed by atoms with E-state index in [2.05, 4.69) is 10.6 Å². The molecule has 0 aliphatic carbocycles. The zero-order chi connectivity index (χ0) is 19.4. The van der Waals surface area contributed by atoms with Gasteiger partial charge in [-0.05, 0) is 18.2 Å². The van der Waals surface area contributed by atoms with Gasteiger partial charge in [0.1, 0.15) is 5.75 Å². The molecule has 0 bridgehead atoms. The molecule has 2 atom stereocenters. The number of nitrogens with one attached hydrogen (secondary N) is 2. The number of aliphatic hydroxyl groups is 4. The highest BCUT2D eigenvalue weighted by molar-refractivity contribution is 6.00. The average molecular weight is 358 g/mol. The Kier molecular flexibility index (Phi) is 11.1. The Bertz CT molecular complexity index is 507. The third-order valence-corrected chi connectivity index (χ3v) is 2.86. The van der Waals surface area contributed by atoms with E-state index < -0.39 is 37.2 Å². The van der Waals surface area contributed by atoms with Crippen LogP contribution in [-0.2, 0) is 0 Å². The number of hydrogen-bond acceptors (Lipinski definition) is 7. The van der Waals surface area contributed by atoms with Crippen LogP contribution < -0.4 is 10.6 Å². The molecular weight excluding hydrogens is 332 g/mol. The summed E-state index contributed by atoms with van der Waals surface area (Å²) in [6, 6.07) is 3.50. The van der Waals surface area contributed by atoms with E-state index in [1.54, 1.807) is 0 Å². The Hall–Kier alpha value is -2.20. The molecule has 7 N–H and O–H groups in total. The van der Waals surface area contributed by atoms with Crippen molar-refractivity contribution in [2.75, 3.05) is 26.3 Å². The number of aliphatic hydroxyl groups excluding tert-OH is 4. The quantitative estimate of drug-likeness (QED) is 0.300. The van der Waals surface area contributed by atoms with Gasteiger partial charge in [0.15, 0.2) is 0 Å². The number of aromatic hydroxyl groups is 1. The van der Waals surface area contributed by atoms with E-state index in [9.17, 15) is 24.9 Å². The van der Waals surface area contributed by atoms with Crippen molar-refractivity contribution >= 4 is 11.8 Å². The molecule has 1 aromatic carbocycles. The highest BCUT2D eigenvalue weighted by Gasteiger charge is 2.14. The molecule has 2 amide bonds. The summed E-state index contributed by atoms with van der Waals surface area (Å²) in [4.78, 5) is 23.8.